The Morgan fingerprint density at radius 2 is 1.77 bits per heavy atom. The van der Waals surface area contributed by atoms with E-state index in [2.05, 4.69) is 20.3 Å². The molecule has 0 bridgehead atoms. The van der Waals surface area contributed by atoms with E-state index in [9.17, 15) is 9.50 Å². The average molecular weight is 352 g/mol. The average Bonchev–Trinajstić information content (AvgIpc) is 2.68. The van der Waals surface area contributed by atoms with Gasteiger partial charge in [0, 0.05) is 29.7 Å². The lowest BCUT2D eigenvalue weighted by molar-refractivity contribution is 0.160. The number of aliphatic hydroxyl groups excluding tert-OH is 1. The molecule has 2 heterocycles. The van der Waals surface area contributed by atoms with E-state index in [-0.39, 0.29) is 11.9 Å². The molecule has 26 heavy (non-hydrogen) atoms. The zero-order valence-corrected chi connectivity index (χ0v) is 14.7. The van der Waals surface area contributed by atoms with Gasteiger partial charge in [0.05, 0.1) is 12.1 Å². The number of pyridine rings is 1. The van der Waals surface area contributed by atoms with E-state index in [4.69, 9.17) is 0 Å². The van der Waals surface area contributed by atoms with Gasteiger partial charge in [-0.2, -0.15) is 0 Å². The summed E-state index contributed by atoms with van der Waals surface area (Å²) in [4.78, 5) is 13.1. The Labute approximate surface area is 152 Å². The van der Waals surface area contributed by atoms with E-state index in [1.54, 1.807) is 24.5 Å². The van der Waals surface area contributed by atoms with Crippen LogP contribution in [0.15, 0.2) is 54.9 Å². The third-order valence-corrected chi connectivity index (χ3v) is 4.14. The van der Waals surface area contributed by atoms with Crippen LogP contribution in [0.3, 0.4) is 0 Å². The molecule has 0 amide bonds. The van der Waals surface area contributed by atoms with Crippen molar-refractivity contribution in [2.75, 3.05) is 5.32 Å². The van der Waals surface area contributed by atoms with Crippen molar-refractivity contribution in [3.63, 3.8) is 0 Å². The highest BCUT2D eigenvalue weighted by Gasteiger charge is 2.17. The van der Waals surface area contributed by atoms with Crippen molar-refractivity contribution in [1.82, 2.24) is 15.0 Å². The van der Waals surface area contributed by atoms with Gasteiger partial charge in [-0.3, -0.25) is 4.98 Å². The summed E-state index contributed by atoms with van der Waals surface area (Å²) in [7, 11) is 0. The van der Waals surface area contributed by atoms with Crippen molar-refractivity contribution >= 4 is 5.82 Å². The molecule has 1 aromatic carbocycles. The Bertz CT molecular complexity index is 855. The van der Waals surface area contributed by atoms with Crippen molar-refractivity contribution in [3.8, 4) is 11.4 Å². The van der Waals surface area contributed by atoms with E-state index in [1.807, 2.05) is 32.0 Å². The van der Waals surface area contributed by atoms with Gasteiger partial charge in [-0.25, -0.2) is 14.4 Å². The van der Waals surface area contributed by atoms with Gasteiger partial charge in [-0.1, -0.05) is 19.1 Å². The van der Waals surface area contributed by atoms with E-state index in [1.165, 1.54) is 12.1 Å². The highest BCUT2D eigenvalue weighted by molar-refractivity contribution is 5.57. The first-order chi connectivity index (χ1) is 12.6. The summed E-state index contributed by atoms with van der Waals surface area (Å²) < 4.78 is 13.1. The van der Waals surface area contributed by atoms with Gasteiger partial charge >= 0.3 is 0 Å². The number of hydrogen-bond acceptors (Lipinski definition) is 5. The smallest absolute Gasteiger partial charge is 0.161 e. The summed E-state index contributed by atoms with van der Waals surface area (Å²) in [6.45, 7) is 3.88. The number of nitrogens with zero attached hydrogens (tertiary/aromatic N) is 3. The van der Waals surface area contributed by atoms with Crippen LogP contribution in [0.1, 0.15) is 31.2 Å². The maximum Gasteiger partial charge on any atom is 0.161 e. The van der Waals surface area contributed by atoms with E-state index >= 15 is 0 Å². The molecule has 134 valence electrons. The minimum Gasteiger partial charge on any atom is -0.386 e. The van der Waals surface area contributed by atoms with Crippen molar-refractivity contribution in [1.29, 1.82) is 0 Å². The second-order valence-electron chi connectivity index (χ2n) is 6.09. The summed E-state index contributed by atoms with van der Waals surface area (Å²) in [5, 5.41) is 13.7. The zero-order valence-electron chi connectivity index (χ0n) is 14.7. The topological polar surface area (TPSA) is 70.9 Å². The molecule has 3 rings (SSSR count). The first kappa shape index (κ1) is 17.9. The van der Waals surface area contributed by atoms with Crippen LogP contribution in [-0.4, -0.2) is 26.1 Å². The first-order valence-electron chi connectivity index (χ1n) is 8.55. The lowest BCUT2D eigenvalue weighted by Gasteiger charge is -2.21. The zero-order chi connectivity index (χ0) is 18.5. The maximum atomic E-state index is 13.1. The van der Waals surface area contributed by atoms with Crippen LogP contribution in [0.25, 0.3) is 11.4 Å². The molecule has 0 aliphatic carbocycles. The number of aromatic nitrogens is 3. The van der Waals surface area contributed by atoms with Crippen LogP contribution in [0, 0.1) is 5.82 Å². The molecule has 2 atom stereocenters. The summed E-state index contributed by atoms with van der Waals surface area (Å²) in [5.74, 6) is 0.919. The number of benzene rings is 1. The number of halogens is 1. The Morgan fingerprint density at radius 1 is 1.08 bits per heavy atom. The van der Waals surface area contributed by atoms with Crippen LogP contribution in [0.2, 0.25) is 0 Å². The van der Waals surface area contributed by atoms with Gasteiger partial charge < -0.3 is 10.4 Å². The molecule has 0 aliphatic heterocycles. The fraction of sp³-hybridized carbons (Fsp3) is 0.250. The molecule has 0 saturated heterocycles. The molecule has 0 aliphatic rings. The van der Waals surface area contributed by atoms with Crippen molar-refractivity contribution < 1.29 is 9.50 Å². The monoisotopic (exact) mass is 352 g/mol. The predicted octanol–water partition coefficient (Wildman–Crippen LogP) is 3.77. The molecule has 2 aromatic heterocycles. The standard InChI is InChI=1S/C20H21FN4O/c1-3-17-12-18(25-20(24-17)15-8-10-22-11-9-15)23-13(2)19(26)14-4-6-16(21)7-5-14/h4-13,19,26H,3H2,1-2H3,(H,23,24,25)/t13-,19-/m1/s1. The molecule has 0 fully saturated rings. The second-order valence-corrected chi connectivity index (χ2v) is 6.09. The number of nitrogens with one attached hydrogen (secondary N) is 1. The third-order valence-electron chi connectivity index (χ3n) is 4.14. The molecular weight excluding hydrogens is 331 g/mol. The Hall–Kier alpha value is -2.86. The van der Waals surface area contributed by atoms with Crippen molar-refractivity contribution in [3.05, 3.63) is 71.9 Å². The van der Waals surface area contributed by atoms with E-state index < -0.39 is 6.10 Å². The normalized spacial score (nSPS) is 13.2. The largest absolute Gasteiger partial charge is 0.386 e. The lowest BCUT2D eigenvalue weighted by atomic mass is 10.0. The highest BCUT2D eigenvalue weighted by atomic mass is 19.1. The molecule has 0 radical (unpaired) electrons. The molecule has 5 nitrogen and oxygen atoms in total. The van der Waals surface area contributed by atoms with Crippen LogP contribution >= 0.6 is 0 Å². The summed E-state index contributed by atoms with van der Waals surface area (Å²) in [6, 6.07) is 11.1. The molecular formula is C20H21FN4O. The quantitative estimate of drug-likeness (QED) is 0.706. The summed E-state index contributed by atoms with van der Waals surface area (Å²) in [5.41, 5.74) is 2.42. The first-order valence-corrected chi connectivity index (χ1v) is 8.55. The van der Waals surface area contributed by atoms with Gasteiger partial charge in [0.2, 0.25) is 0 Å². The molecule has 6 heteroatoms. The number of rotatable bonds is 6. The molecule has 2 N–H and O–H groups in total. The fourth-order valence-corrected chi connectivity index (χ4v) is 2.64. The van der Waals surface area contributed by atoms with Crippen LogP contribution in [-0.2, 0) is 6.42 Å². The maximum absolute atomic E-state index is 13.1. The van der Waals surface area contributed by atoms with Gasteiger partial charge in [0.15, 0.2) is 5.82 Å². The number of aliphatic hydroxyl groups is 1. The second kappa shape index (κ2) is 8.01. The van der Waals surface area contributed by atoms with Crippen LogP contribution < -0.4 is 5.32 Å². The van der Waals surface area contributed by atoms with Gasteiger partial charge in [0.25, 0.3) is 0 Å². The fourth-order valence-electron chi connectivity index (χ4n) is 2.64. The number of hydrogen-bond donors (Lipinski definition) is 2. The predicted molar refractivity (Wildman–Crippen MR) is 99.1 cm³/mol. The van der Waals surface area contributed by atoms with Crippen molar-refractivity contribution in [2.24, 2.45) is 0 Å². The van der Waals surface area contributed by atoms with Gasteiger partial charge in [0.1, 0.15) is 11.6 Å². The Balaban J connectivity index is 1.83. The SMILES string of the molecule is CCc1cc(N[C@H](C)[C@@H](O)c2ccc(F)cc2)nc(-c2ccncc2)n1. The summed E-state index contributed by atoms with van der Waals surface area (Å²) in [6.07, 6.45) is 3.38. The number of aryl methyl sites for hydroxylation is 1. The molecule has 0 saturated carbocycles. The molecule has 0 spiro atoms. The Kier molecular flexibility index (Phi) is 5.53. The molecule has 3 aromatic rings. The van der Waals surface area contributed by atoms with Crippen molar-refractivity contribution in [2.45, 2.75) is 32.4 Å². The molecule has 0 unspecified atom stereocenters. The van der Waals surface area contributed by atoms with Gasteiger partial charge in [-0.05, 0) is 43.2 Å². The van der Waals surface area contributed by atoms with E-state index in [0.717, 1.165) is 17.7 Å². The minimum atomic E-state index is -0.792. The number of anilines is 1. The van der Waals surface area contributed by atoms with Crippen LogP contribution in [0.5, 0.6) is 0 Å². The van der Waals surface area contributed by atoms with Crippen LogP contribution in [0.4, 0.5) is 10.2 Å². The van der Waals surface area contributed by atoms with E-state index in [0.29, 0.717) is 17.2 Å². The lowest BCUT2D eigenvalue weighted by Crippen LogP contribution is -2.25. The Morgan fingerprint density at radius 3 is 2.42 bits per heavy atom. The minimum absolute atomic E-state index is 0.314. The highest BCUT2D eigenvalue weighted by Crippen LogP contribution is 2.22. The van der Waals surface area contributed by atoms with Gasteiger partial charge in [-0.15, -0.1) is 0 Å². The summed E-state index contributed by atoms with van der Waals surface area (Å²) >= 11 is 0. The third kappa shape index (κ3) is 4.21.